The standard InChI is InChI=1S/C15H19ClN4O/c16-13-3-7-18-15-14(13)19-9-12(20-15)4-8-21-10-11-1-5-17-6-2-11/h3,7,9,11,17H,1-2,4-6,8,10H2. The summed E-state index contributed by atoms with van der Waals surface area (Å²) in [6, 6.07) is 1.72. The number of hydrogen-bond donors (Lipinski definition) is 1. The molecule has 0 amide bonds. The third-order valence-electron chi connectivity index (χ3n) is 3.76. The van der Waals surface area contributed by atoms with Gasteiger partial charge in [0.15, 0.2) is 5.65 Å². The number of nitrogens with zero attached hydrogens (tertiary/aromatic N) is 3. The van der Waals surface area contributed by atoms with E-state index in [0.717, 1.165) is 31.8 Å². The van der Waals surface area contributed by atoms with Crippen LogP contribution in [0.3, 0.4) is 0 Å². The van der Waals surface area contributed by atoms with Crippen LogP contribution >= 0.6 is 11.6 Å². The van der Waals surface area contributed by atoms with Gasteiger partial charge in [0.05, 0.1) is 17.3 Å². The van der Waals surface area contributed by atoms with Gasteiger partial charge in [-0.1, -0.05) is 11.6 Å². The second-order valence-corrected chi connectivity index (χ2v) is 5.75. The molecule has 21 heavy (non-hydrogen) atoms. The van der Waals surface area contributed by atoms with Gasteiger partial charge in [-0.25, -0.2) is 15.0 Å². The number of fused-ring (bicyclic) bond motifs is 1. The van der Waals surface area contributed by atoms with Gasteiger partial charge in [0, 0.05) is 25.4 Å². The minimum atomic E-state index is 0.584. The van der Waals surface area contributed by atoms with Crippen LogP contribution in [-0.2, 0) is 11.2 Å². The Morgan fingerprint density at radius 1 is 1.29 bits per heavy atom. The lowest BCUT2D eigenvalue weighted by Crippen LogP contribution is -2.30. The largest absolute Gasteiger partial charge is 0.381 e. The smallest absolute Gasteiger partial charge is 0.179 e. The molecule has 0 radical (unpaired) electrons. The number of nitrogens with one attached hydrogen (secondary N) is 1. The van der Waals surface area contributed by atoms with E-state index in [9.17, 15) is 0 Å². The second-order valence-electron chi connectivity index (χ2n) is 5.34. The average Bonchev–Trinajstić information content (AvgIpc) is 2.53. The van der Waals surface area contributed by atoms with Crippen LogP contribution in [0.1, 0.15) is 18.5 Å². The van der Waals surface area contributed by atoms with Gasteiger partial charge in [-0.15, -0.1) is 0 Å². The second kappa shape index (κ2) is 7.11. The van der Waals surface area contributed by atoms with E-state index in [0.29, 0.717) is 28.7 Å². The van der Waals surface area contributed by atoms with Crippen molar-refractivity contribution in [3.63, 3.8) is 0 Å². The van der Waals surface area contributed by atoms with Gasteiger partial charge in [-0.3, -0.25) is 0 Å². The summed E-state index contributed by atoms with van der Waals surface area (Å²) < 4.78 is 5.77. The Bertz CT molecular complexity index is 601. The zero-order chi connectivity index (χ0) is 14.5. The molecule has 0 unspecified atom stereocenters. The lowest BCUT2D eigenvalue weighted by Gasteiger charge is -2.22. The number of pyridine rings is 1. The monoisotopic (exact) mass is 306 g/mol. The summed E-state index contributed by atoms with van der Waals surface area (Å²) in [4.78, 5) is 13.0. The number of aromatic nitrogens is 3. The topological polar surface area (TPSA) is 59.9 Å². The van der Waals surface area contributed by atoms with Crippen LogP contribution in [-0.4, -0.2) is 41.3 Å². The van der Waals surface area contributed by atoms with Crippen LogP contribution < -0.4 is 5.32 Å². The maximum atomic E-state index is 6.05. The molecular weight excluding hydrogens is 288 g/mol. The van der Waals surface area contributed by atoms with E-state index < -0.39 is 0 Å². The molecule has 0 saturated carbocycles. The van der Waals surface area contributed by atoms with E-state index in [1.807, 2.05) is 0 Å². The maximum Gasteiger partial charge on any atom is 0.179 e. The zero-order valence-electron chi connectivity index (χ0n) is 11.9. The number of piperidine rings is 1. The highest BCUT2D eigenvalue weighted by molar-refractivity contribution is 6.34. The normalized spacial score (nSPS) is 16.4. The van der Waals surface area contributed by atoms with Crippen molar-refractivity contribution in [1.29, 1.82) is 0 Å². The average molecular weight is 307 g/mol. The summed E-state index contributed by atoms with van der Waals surface area (Å²) in [7, 11) is 0. The molecule has 2 aromatic rings. The Hall–Kier alpha value is -1.30. The molecule has 2 aromatic heterocycles. The zero-order valence-corrected chi connectivity index (χ0v) is 12.6. The third kappa shape index (κ3) is 3.87. The first-order chi connectivity index (χ1) is 10.3. The molecule has 1 fully saturated rings. The number of hydrogen-bond acceptors (Lipinski definition) is 5. The van der Waals surface area contributed by atoms with E-state index in [1.165, 1.54) is 12.8 Å². The van der Waals surface area contributed by atoms with Gasteiger partial charge in [0.1, 0.15) is 5.52 Å². The molecule has 1 saturated heterocycles. The van der Waals surface area contributed by atoms with Crippen molar-refractivity contribution in [2.45, 2.75) is 19.3 Å². The van der Waals surface area contributed by atoms with E-state index >= 15 is 0 Å². The van der Waals surface area contributed by atoms with Crippen LogP contribution in [0, 0.1) is 5.92 Å². The maximum absolute atomic E-state index is 6.05. The van der Waals surface area contributed by atoms with E-state index in [4.69, 9.17) is 16.3 Å². The highest BCUT2D eigenvalue weighted by Gasteiger charge is 2.12. The Balaban J connectivity index is 1.51. The molecule has 1 aliphatic heterocycles. The van der Waals surface area contributed by atoms with Crippen LogP contribution in [0.2, 0.25) is 5.02 Å². The molecule has 5 nitrogen and oxygen atoms in total. The lowest BCUT2D eigenvalue weighted by atomic mass is 9.99. The van der Waals surface area contributed by atoms with Gasteiger partial charge in [-0.2, -0.15) is 0 Å². The SMILES string of the molecule is Clc1ccnc2nc(CCOCC3CCNCC3)cnc12. The molecule has 3 heterocycles. The predicted molar refractivity (Wildman–Crippen MR) is 82.5 cm³/mol. The Morgan fingerprint density at radius 2 is 2.14 bits per heavy atom. The Labute approximate surface area is 129 Å². The van der Waals surface area contributed by atoms with Crippen molar-refractivity contribution in [3.8, 4) is 0 Å². The summed E-state index contributed by atoms with van der Waals surface area (Å²) >= 11 is 6.05. The van der Waals surface area contributed by atoms with E-state index in [-0.39, 0.29) is 0 Å². The fourth-order valence-electron chi connectivity index (χ4n) is 2.52. The molecule has 0 spiro atoms. The summed E-state index contributed by atoms with van der Waals surface area (Å²) in [6.07, 6.45) is 6.57. The van der Waals surface area contributed by atoms with Gasteiger partial charge in [0.25, 0.3) is 0 Å². The fraction of sp³-hybridized carbons (Fsp3) is 0.533. The Kier molecular flexibility index (Phi) is 4.95. The number of ether oxygens (including phenoxy) is 1. The van der Waals surface area contributed by atoms with Crippen molar-refractivity contribution < 1.29 is 4.74 Å². The predicted octanol–water partition coefficient (Wildman–Crippen LogP) is 2.24. The molecule has 0 bridgehead atoms. The highest BCUT2D eigenvalue weighted by atomic mass is 35.5. The molecule has 1 N–H and O–H groups in total. The quantitative estimate of drug-likeness (QED) is 0.859. The van der Waals surface area contributed by atoms with Gasteiger partial charge >= 0.3 is 0 Å². The van der Waals surface area contributed by atoms with Crippen LogP contribution in [0.5, 0.6) is 0 Å². The van der Waals surface area contributed by atoms with Gasteiger partial charge < -0.3 is 10.1 Å². The molecular formula is C15H19ClN4O. The minimum absolute atomic E-state index is 0.584. The van der Waals surface area contributed by atoms with Crippen molar-refractivity contribution in [1.82, 2.24) is 20.3 Å². The van der Waals surface area contributed by atoms with Crippen molar-refractivity contribution >= 4 is 22.8 Å². The fourth-order valence-corrected chi connectivity index (χ4v) is 2.71. The number of halogens is 1. The Morgan fingerprint density at radius 3 is 3.00 bits per heavy atom. The summed E-state index contributed by atoms with van der Waals surface area (Å²) in [5.41, 5.74) is 2.14. The van der Waals surface area contributed by atoms with Crippen LogP contribution in [0.4, 0.5) is 0 Å². The van der Waals surface area contributed by atoms with Crippen molar-refractivity contribution in [2.24, 2.45) is 5.92 Å². The molecule has 112 valence electrons. The van der Waals surface area contributed by atoms with Crippen LogP contribution in [0.15, 0.2) is 18.5 Å². The summed E-state index contributed by atoms with van der Waals surface area (Å²) in [5.74, 6) is 0.689. The van der Waals surface area contributed by atoms with Crippen LogP contribution in [0.25, 0.3) is 11.2 Å². The first kappa shape index (κ1) is 14.6. The lowest BCUT2D eigenvalue weighted by molar-refractivity contribution is 0.0897. The van der Waals surface area contributed by atoms with E-state index in [1.54, 1.807) is 18.5 Å². The van der Waals surface area contributed by atoms with E-state index in [2.05, 4.69) is 20.3 Å². The van der Waals surface area contributed by atoms with Crippen molar-refractivity contribution in [2.75, 3.05) is 26.3 Å². The molecule has 0 aliphatic carbocycles. The molecule has 3 rings (SSSR count). The van der Waals surface area contributed by atoms with Gasteiger partial charge in [-0.05, 0) is 37.9 Å². The third-order valence-corrected chi connectivity index (χ3v) is 4.07. The molecule has 6 heteroatoms. The summed E-state index contributed by atoms with van der Waals surface area (Å²) in [6.45, 7) is 3.73. The first-order valence-electron chi connectivity index (χ1n) is 7.37. The molecule has 0 aromatic carbocycles. The first-order valence-corrected chi connectivity index (χ1v) is 7.75. The van der Waals surface area contributed by atoms with Crippen molar-refractivity contribution in [3.05, 3.63) is 29.2 Å². The number of rotatable bonds is 5. The molecule has 0 atom stereocenters. The highest BCUT2D eigenvalue weighted by Crippen LogP contribution is 2.17. The summed E-state index contributed by atoms with van der Waals surface area (Å²) in [5, 5.41) is 3.95. The van der Waals surface area contributed by atoms with Gasteiger partial charge in [0.2, 0.25) is 0 Å². The molecule has 1 aliphatic rings. The minimum Gasteiger partial charge on any atom is -0.381 e.